The summed E-state index contributed by atoms with van der Waals surface area (Å²) < 4.78 is 25.6. The van der Waals surface area contributed by atoms with Crippen molar-refractivity contribution in [2.45, 2.75) is 23.4 Å². The first kappa shape index (κ1) is 11.0. The molecule has 0 radical (unpaired) electrons. The van der Waals surface area contributed by atoms with Gasteiger partial charge in [0, 0.05) is 18.3 Å². The van der Waals surface area contributed by atoms with E-state index in [-0.39, 0.29) is 12.1 Å². The second-order valence-electron chi connectivity index (χ2n) is 3.56. The Morgan fingerprint density at radius 2 is 2.06 bits per heavy atom. The third kappa shape index (κ3) is 2.05. The molecule has 1 aliphatic rings. The number of nitrogens with two attached hydrogens (primary N) is 1. The maximum absolute atomic E-state index is 11.7. The van der Waals surface area contributed by atoms with Gasteiger partial charge in [-0.2, -0.15) is 0 Å². The molecule has 0 bridgehead atoms. The number of nitrogens with one attached hydrogen (secondary N) is 3. The fraction of sp³-hybridized carbons (Fsp3) is 0.429. The molecule has 0 aromatic carbocycles. The Morgan fingerprint density at radius 3 is 2.56 bits per heavy atom. The molecule has 2 atom stereocenters. The molecule has 0 amide bonds. The van der Waals surface area contributed by atoms with Crippen LogP contribution in [0.15, 0.2) is 20.7 Å². The van der Waals surface area contributed by atoms with Crippen molar-refractivity contribution in [2.75, 3.05) is 0 Å². The van der Waals surface area contributed by atoms with Crippen molar-refractivity contribution in [1.29, 1.82) is 0 Å². The van der Waals surface area contributed by atoms with Crippen LogP contribution in [-0.4, -0.2) is 30.5 Å². The Kier molecular flexibility index (Phi) is 2.45. The highest BCUT2D eigenvalue weighted by molar-refractivity contribution is 7.89. The van der Waals surface area contributed by atoms with Gasteiger partial charge in [0.1, 0.15) is 0 Å². The first-order valence-corrected chi connectivity index (χ1v) is 5.98. The lowest BCUT2D eigenvalue weighted by Gasteiger charge is -2.03. The second-order valence-corrected chi connectivity index (χ2v) is 5.25. The topological polar surface area (TPSA) is 138 Å². The zero-order valence-corrected chi connectivity index (χ0v) is 8.87. The molecule has 2 rings (SSSR count). The molecule has 1 heterocycles. The lowest BCUT2D eigenvalue weighted by atomic mass is 10.7. The van der Waals surface area contributed by atoms with Crippen LogP contribution in [0.2, 0.25) is 0 Å². The van der Waals surface area contributed by atoms with Crippen LogP contribution in [0, 0.1) is 0 Å². The van der Waals surface area contributed by atoms with E-state index in [1.165, 1.54) is 0 Å². The van der Waals surface area contributed by atoms with Crippen LogP contribution < -0.4 is 21.7 Å². The standard InChI is InChI=1S/C7H10N4O4S/c8-3-1-4(3)11-16(14,15)5-2-9-7(13)10-6(5)12/h2-4,11H,1,8H2,(H2,9,10,12,13). The molecule has 8 nitrogen and oxygen atoms in total. The fourth-order valence-corrected chi connectivity index (χ4v) is 2.52. The van der Waals surface area contributed by atoms with E-state index in [4.69, 9.17) is 5.73 Å². The van der Waals surface area contributed by atoms with E-state index < -0.39 is 26.2 Å². The molecular weight excluding hydrogens is 236 g/mol. The van der Waals surface area contributed by atoms with Gasteiger partial charge in [0.05, 0.1) is 0 Å². The smallest absolute Gasteiger partial charge is 0.325 e. The average Bonchev–Trinajstić information content (AvgIpc) is 2.79. The number of rotatable bonds is 3. The van der Waals surface area contributed by atoms with E-state index in [0.717, 1.165) is 6.20 Å². The minimum Gasteiger partial charge on any atom is -0.326 e. The Hall–Kier alpha value is -1.45. The van der Waals surface area contributed by atoms with Crippen LogP contribution >= 0.6 is 0 Å². The summed E-state index contributed by atoms with van der Waals surface area (Å²) in [5.41, 5.74) is 3.73. The molecule has 0 saturated heterocycles. The monoisotopic (exact) mass is 246 g/mol. The molecule has 5 N–H and O–H groups in total. The molecule has 1 fully saturated rings. The largest absolute Gasteiger partial charge is 0.326 e. The van der Waals surface area contributed by atoms with Gasteiger partial charge in [0.25, 0.3) is 5.56 Å². The van der Waals surface area contributed by atoms with Gasteiger partial charge >= 0.3 is 5.69 Å². The molecule has 1 aliphatic carbocycles. The van der Waals surface area contributed by atoms with Gasteiger partial charge in [-0.1, -0.05) is 0 Å². The summed E-state index contributed by atoms with van der Waals surface area (Å²) in [4.78, 5) is 25.4. The quantitative estimate of drug-likeness (QED) is 0.465. The zero-order chi connectivity index (χ0) is 11.9. The first-order valence-electron chi connectivity index (χ1n) is 4.50. The number of hydrogen-bond acceptors (Lipinski definition) is 5. The van der Waals surface area contributed by atoms with E-state index in [0.29, 0.717) is 6.42 Å². The van der Waals surface area contributed by atoms with Crippen LogP contribution in [0.25, 0.3) is 0 Å². The van der Waals surface area contributed by atoms with Crippen molar-refractivity contribution in [2.24, 2.45) is 5.73 Å². The highest BCUT2D eigenvalue weighted by Crippen LogP contribution is 2.19. The summed E-state index contributed by atoms with van der Waals surface area (Å²) in [5, 5.41) is 0. The minimum absolute atomic E-state index is 0.211. The number of aromatic nitrogens is 2. The Bertz CT molecular complexity index is 616. The van der Waals surface area contributed by atoms with E-state index in [1.54, 1.807) is 0 Å². The average molecular weight is 246 g/mol. The Morgan fingerprint density at radius 1 is 1.44 bits per heavy atom. The third-order valence-corrected chi connectivity index (χ3v) is 3.72. The van der Waals surface area contributed by atoms with Crippen LogP contribution in [0.3, 0.4) is 0 Å². The van der Waals surface area contributed by atoms with E-state index in [9.17, 15) is 18.0 Å². The molecule has 1 aromatic heterocycles. The summed E-state index contributed by atoms with van der Waals surface area (Å²) in [6, 6.07) is -0.548. The van der Waals surface area contributed by atoms with E-state index >= 15 is 0 Å². The molecule has 16 heavy (non-hydrogen) atoms. The lowest BCUT2D eigenvalue weighted by molar-refractivity contribution is 0.577. The second kappa shape index (κ2) is 3.54. The van der Waals surface area contributed by atoms with Crippen molar-refractivity contribution >= 4 is 10.0 Å². The molecule has 0 aliphatic heterocycles. The van der Waals surface area contributed by atoms with Gasteiger partial charge in [0.2, 0.25) is 10.0 Å². The number of hydrogen-bond donors (Lipinski definition) is 4. The van der Waals surface area contributed by atoms with Crippen molar-refractivity contribution in [3.05, 3.63) is 27.0 Å². The Balaban J connectivity index is 2.36. The van der Waals surface area contributed by atoms with Crippen LogP contribution in [0.5, 0.6) is 0 Å². The summed E-state index contributed by atoms with van der Waals surface area (Å²) >= 11 is 0. The van der Waals surface area contributed by atoms with Gasteiger partial charge in [-0.15, -0.1) is 0 Å². The van der Waals surface area contributed by atoms with E-state index in [1.807, 2.05) is 4.98 Å². The summed E-state index contributed by atoms with van der Waals surface area (Å²) in [7, 11) is -3.92. The zero-order valence-electron chi connectivity index (χ0n) is 8.06. The maximum atomic E-state index is 11.7. The van der Waals surface area contributed by atoms with Crippen molar-refractivity contribution < 1.29 is 8.42 Å². The third-order valence-electron chi connectivity index (χ3n) is 2.22. The van der Waals surface area contributed by atoms with E-state index in [2.05, 4.69) is 9.71 Å². The van der Waals surface area contributed by atoms with Gasteiger partial charge in [0.15, 0.2) is 4.90 Å². The molecule has 2 unspecified atom stereocenters. The van der Waals surface area contributed by atoms with Gasteiger partial charge in [-0.05, 0) is 6.42 Å². The van der Waals surface area contributed by atoms with Crippen LogP contribution in [-0.2, 0) is 10.0 Å². The summed E-state index contributed by atoms with van der Waals surface area (Å²) in [6.07, 6.45) is 1.40. The highest BCUT2D eigenvalue weighted by Gasteiger charge is 2.37. The number of H-pyrrole nitrogens is 2. The number of aromatic amines is 2. The van der Waals surface area contributed by atoms with Crippen LogP contribution in [0.4, 0.5) is 0 Å². The predicted octanol–water partition coefficient (Wildman–Crippen LogP) is -2.56. The van der Waals surface area contributed by atoms with Gasteiger partial charge in [-0.3, -0.25) is 9.78 Å². The first-order chi connectivity index (χ1) is 7.40. The predicted molar refractivity (Wildman–Crippen MR) is 54.4 cm³/mol. The summed E-state index contributed by atoms with van der Waals surface area (Å²) in [6.45, 7) is 0. The maximum Gasteiger partial charge on any atom is 0.325 e. The summed E-state index contributed by atoms with van der Waals surface area (Å²) in [5.74, 6) is 0. The Labute approximate surface area is 89.9 Å². The molecule has 88 valence electrons. The molecule has 1 saturated carbocycles. The van der Waals surface area contributed by atoms with Crippen molar-refractivity contribution in [1.82, 2.24) is 14.7 Å². The highest BCUT2D eigenvalue weighted by atomic mass is 32.2. The van der Waals surface area contributed by atoms with Crippen LogP contribution in [0.1, 0.15) is 6.42 Å². The molecule has 9 heteroatoms. The lowest BCUT2D eigenvalue weighted by Crippen LogP contribution is -2.35. The van der Waals surface area contributed by atoms with Gasteiger partial charge < -0.3 is 10.7 Å². The fourth-order valence-electron chi connectivity index (χ4n) is 1.21. The molecular formula is C7H10N4O4S. The molecule has 1 aromatic rings. The molecule has 0 spiro atoms. The normalized spacial score (nSPS) is 24.3. The SMILES string of the molecule is NC1CC1NS(=O)(=O)c1c[nH]c(=O)[nH]c1=O. The van der Waals surface area contributed by atoms with Crippen molar-refractivity contribution in [3.8, 4) is 0 Å². The number of sulfonamides is 1. The van der Waals surface area contributed by atoms with Crippen molar-refractivity contribution in [3.63, 3.8) is 0 Å². The minimum atomic E-state index is -3.92. The van der Waals surface area contributed by atoms with Gasteiger partial charge in [-0.25, -0.2) is 17.9 Å².